The minimum Gasteiger partial charge on any atom is -0.489 e. The van der Waals surface area contributed by atoms with Crippen LogP contribution in [-0.2, 0) is 11.4 Å². The van der Waals surface area contributed by atoms with Gasteiger partial charge in [-0.3, -0.25) is 9.69 Å². The predicted octanol–water partition coefficient (Wildman–Crippen LogP) is 5.81. The Balaban J connectivity index is 1.47. The average molecular weight is 422 g/mol. The zero-order chi connectivity index (χ0) is 20.2. The molecule has 0 unspecified atom stereocenters. The number of hydrogen-bond donors (Lipinski definition) is 0. The van der Waals surface area contributed by atoms with E-state index < -0.39 is 5.82 Å². The van der Waals surface area contributed by atoms with Gasteiger partial charge in [-0.25, -0.2) is 4.39 Å². The first kappa shape index (κ1) is 19.4. The summed E-state index contributed by atoms with van der Waals surface area (Å²) in [5.74, 6) is -0.0654. The topological polar surface area (TPSA) is 29.5 Å². The van der Waals surface area contributed by atoms with Crippen LogP contribution in [0.4, 0.5) is 10.1 Å². The lowest BCUT2D eigenvalue weighted by Crippen LogP contribution is -2.28. The lowest BCUT2D eigenvalue weighted by atomic mass is 10.2. The molecule has 1 amide bonds. The molecule has 0 bridgehead atoms. The lowest BCUT2D eigenvalue weighted by Gasteiger charge is -2.14. The average Bonchev–Trinajstić information content (AvgIpc) is 3.02. The van der Waals surface area contributed by atoms with Gasteiger partial charge in [-0.2, -0.15) is 0 Å². The van der Waals surface area contributed by atoms with Gasteiger partial charge in [-0.1, -0.05) is 78.6 Å². The maximum absolute atomic E-state index is 14.1. The van der Waals surface area contributed by atoms with Crippen molar-refractivity contribution in [1.82, 2.24) is 0 Å². The largest absolute Gasteiger partial charge is 0.489 e. The van der Waals surface area contributed by atoms with E-state index in [2.05, 4.69) is 0 Å². The minimum atomic E-state index is -0.482. The molecule has 0 N–H and O–H groups in total. The number of carbonyl (C=O) groups excluding carboxylic acids is 1. The SMILES string of the molecule is O=C1C(=Cc2ccc(OCc3ccccc3)cc2)SC(=S)N1c1ccccc1F. The van der Waals surface area contributed by atoms with Crippen LogP contribution in [0.25, 0.3) is 6.08 Å². The summed E-state index contributed by atoms with van der Waals surface area (Å²) in [5.41, 5.74) is 2.10. The third-order valence-electron chi connectivity index (χ3n) is 4.31. The molecule has 0 spiro atoms. The maximum Gasteiger partial charge on any atom is 0.270 e. The van der Waals surface area contributed by atoms with Gasteiger partial charge in [0.25, 0.3) is 5.91 Å². The lowest BCUT2D eigenvalue weighted by molar-refractivity contribution is -0.113. The third kappa shape index (κ3) is 4.39. The van der Waals surface area contributed by atoms with Gasteiger partial charge in [0.1, 0.15) is 18.2 Å². The standard InChI is InChI=1S/C23H16FNO2S2/c24-19-8-4-5-9-20(19)25-22(26)21(29-23(25)28)14-16-10-12-18(13-11-16)27-15-17-6-2-1-3-7-17/h1-14H,15H2. The molecule has 0 radical (unpaired) electrons. The number of carbonyl (C=O) groups is 1. The molecule has 3 aromatic carbocycles. The first-order valence-electron chi connectivity index (χ1n) is 8.91. The monoisotopic (exact) mass is 421 g/mol. The molecule has 4 rings (SSSR count). The molecule has 3 nitrogen and oxygen atoms in total. The van der Waals surface area contributed by atoms with Crippen LogP contribution in [-0.4, -0.2) is 10.2 Å². The normalized spacial score (nSPS) is 15.2. The highest BCUT2D eigenvalue weighted by Gasteiger charge is 2.34. The van der Waals surface area contributed by atoms with Crippen LogP contribution in [0.5, 0.6) is 5.75 Å². The number of anilines is 1. The minimum absolute atomic E-state index is 0.169. The molecule has 0 atom stereocenters. The van der Waals surface area contributed by atoms with Crippen LogP contribution in [0.3, 0.4) is 0 Å². The van der Waals surface area contributed by atoms with E-state index in [1.165, 1.54) is 11.0 Å². The van der Waals surface area contributed by atoms with Crippen molar-refractivity contribution in [2.24, 2.45) is 0 Å². The first-order valence-corrected chi connectivity index (χ1v) is 10.1. The van der Waals surface area contributed by atoms with E-state index in [4.69, 9.17) is 17.0 Å². The number of benzene rings is 3. The van der Waals surface area contributed by atoms with Gasteiger partial charge in [-0.15, -0.1) is 0 Å². The fourth-order valence-electron chi connectivity index (χ4n) is 2.86. The number of hydrogen-bond acceptors (Lipinski definition) is 4. The Morgan fingerprint density at radius 1 is 0.966 bits per heavy atom. The highest BCUT2D eigenvalue weighted by Crippen LogP contribution is 2.37. The summed E-state index contributed by atoms with van der Waals surface area (Å²) in [6.07, 6.45) is 1.75. The summed E-state index contributed by atoms with van der Waals surface area (Å²) >= 11 is 6.46. The number of rotatable bonds is 5. The smallest absolute Gasteiger partial charge is 0.270 e. The van der Waals surface area contributed by atoms with Crippen LogP contribution in [0, 0.1) is 5.82 Å². The quantitative estimate of drug-likeness (QED) is 0.384. The Kier molecular flexibility index (Phi) is 5.74. The molecule has 1 heterocycles. The second kappa shape index (κ2) is 8.59. The van der Waals surface area contributed by atoms with Crippen molar-refractivity contribution in [2.75, 3.05) is 4.90 Å². The van der Waals surface area contributed by atoms with E-state index >= 15 is 0 Å². The van der Waals surface area contributed by atoms with Crippen molar-refractivity contribution in [2.45, 2.75) is 6.61 Å². The molecule has 0 aliphatic carbocycles. The number of nitrogens with zero attached hydrogens (tertiary/aromatic N) is 1. The molecule has 0 saturated carbocycles. The molecule has 144 valence electrons. The van der Waals surface area contributed by atoms with Gasteiger partial charge in [0.15, 0.2) is 4.32 Å². The van der Waals surface area contributed by atoms with Crippen LogP contribution >= 0.6 is 24.0 Å². The number of thioether (sulfide) groups is 1. The summed E-state index contributed by atoms with van der Waals surface area (Å²) in [7, 11) is 0. The van der Waals surface area contributed by atoms with Crippen LogP contribution in [0.1, 0.15) is 11.1 Å². The number of ether oxygens (including phenoxy) is 1. The van der Waals surface area contributed by atoms with Crippen molar-refractivity contribution in [3.8, 4) is 5.75 Å². The molecule has 1 aliphatic heterocycles. The van der Waals surface area contributed by atoms with Gasteiger partial charge >= 0.3 is 0 Å². The van der Waals surface area contributed by atoms with E-state index in [0.717, 1.165) is 28.6 Å². The highest BCUT2D eigenvalue weighted by molar-refractivity contribution is 8.27. The van der Waals surface area contributed by atoms with Gasteiger partial charge in [0.2, 0.25) is 0 Å². The van der Waals surface area contributed by atoms with Crippen molar-refractivity contribution in [3.05, 3.63) is 101 Å². The molecular formula is C23H16FNO2S2. The molecule has 1 fully saturated rings. The van der Waals surface area contributed by atoms with Crippen LogP contribution in [0.15, 0.2) is 83.8 Å². The van der Waals surface area contributed by atoms with E-state index in [-0.39, 0.29) is 11.6 Å². The molecule has 3 aromatic rings. The summed E-state index contributed by atoms with van der Waals surface area (Å²) in [4.78, 5) is 14.4. The number of amides is 1. The predicted molar refractivity (Wildman–Crippen MR) is 119 cm³/mol. The van der Waals surface area contributed by atoms with Gasteiger partial charge in [0, 0.05) is 0 Å². The molecule has 1 aliphatic rings. The zero-order valence-corrected chi connectivity index (χ0v) is 16.9. The number of para-hydroxylation sites is 1. The highest BCUT2D eigenvalue weighted by atomic mass is 32.2. The molecular weight excluding hydrogens is 405 g/mol. The molecule has 29 heavy (non-hydrogen) atoms. The van der Waals surface area contributed by atoms with Crippen molar-refractivity contribution in [1.29, 1.82) is 0 Å². The Bertz CT molecular complexity index is 1080. The van der Waals surface area contributed by atoms with Gasteiger partial charge in [0.05, 0.1) is 10.6 Å². The van der Waals surface area contributed by atoms with E-state index in [9.17, 15) is 9.18 Å². The van der Waals surface area contributed by atoms with E-state index in [1.54, 1.807) is 24.3 Å². The molecule has 0 aromatic heterocycles. The second-order valence-electron chi connectivity index (χ2n) is 6.31. The zero-order valence-electron chi connectivity index (χ0n) is 15.2. The maximum atomic E-state index is 14.1. The number of halogens is 1. The van der Waals surface area contributed by atoms with E-state index in [1.807, 2.05) is 54.6 Å². The number of thiocarbonyl (C=S) groups is 1. The van der Waals surface area contributed by atoms with Crippen LogP contribution < -0.4 is 9.64 Å². The first-order chi connectivity index (χ1) is 14.1. The Hall–Kier alpha value is -2.96. The second-order valence-corrected chi connectivity index (χ2v) is 7.99. The van der Waals surface area contributed by atoms with Crippen molar-refractivity contribution in [3.63, 3.8) is 0 Å². The fraction of sp³-hybridized carbons (Fsp3) is 0.0435. The third-order valence-corrected chi connectivity index (χ3v) is 5.62. The molecule has 1 saturated heterocycles. The van der Waals surface area contributed by atoms with E-state index in [0.29, 0.717) is 15.8 Å². The van der Waals surface area contributed by atoms with Gasteiger partial charge < -0.3 is 4.74 Å². The van der Waals surface area contributed by atoms with Gasteiger partial charge in [-0.05, 0) is 41.5 Å². The van der Waals surface area contributed by atoms with Crippen molar-refractivity contribution >= 4 is 46.0 Å². The van der Waals surface area contributed by atoms with Crippen molar-refractivity contribution < 1.29 is 13.9 Å². The Morgan fingerprint density at radius 3 is 2.38 bits per heavy atom. The summed E-state index contributed by atoms with van der Waals surface area (Å²) < 4.78 is 20.2. The fourth-order valence-corrected chi connectivity index (χ4v) is 4.15. The molecule has 6 heteroatoms. The summed E-state index contributed by atoms with van der Waals surface area (Å²) in [6, 6.07) is 23.5. The van der Waals surface area contributed by atoms with Crippen LogP contribution in [0.2, 0.25) is 0 Å². The summed E-state index contributed by atoms with van der Waals surface area (Å²) in [6.45, 7) is 0.488. The Labute approximate surface area is 177 Å². The summed E-state index contributed by atoms with van der Waals surface area (Å²) in [5, 5.41) is 0. The Morgan fingerprint density at radius 2 is 1.66 bits per heavy atom.